The van der Waals surface area contributed by atoms with Crippen molar-refractivity contribution in [3.8, 4) is 0 Å². The summed E-state index contributed by atoms with van der Waals surface area (Å²) in [5.74, 6) is -0.906. The van der Waals surface area contributed by atoms with Gasteiger partial charge in [-0.05, 0) is 37.1 Å². The molecule has 1 aliphatic carbocycles. The third-order valence-electron chi connectivity index (χ3n) is 5.68. The van der Waals surface area contributed by atoms with Crippen molar-refractivity contribution < 1.29 is 30.9 Å². The molecule has 0 bridgehead atoms. The van der Waals surface area contributed by atoms with Gasteiger partial charge in [0.05, 0.1) is 28.0 Å². The highest BCUT2D eigenvalue weighted by molar-refractivity contribution is 7.91. The molecule has 198 valence electrons. The minimum Gasteiger partial charge on any atom is -0.393 e. The first-order valence-corrected chi connectivity index (χ1v) is 15.1. The molecule has 4 N–H and O–H groups in total. The number of thiophene rings is 1. The summed E-state index contributed by atoms with van der Waals surface area (Å²) in [6.07, 6.45) is 2.20. The zero-order valence-electron chi connectivity index (χ0n) is 18.7. The van der Waals surface area contributed by atoms with Gasteiger partial charge in [-0.2, -0.15) is 8.42 Å². The molecule has 3 aromatic rings. The number of halogens is 2. The van der Waals surface area contributed by atoms with E-state index in [1.165, 1.54) is 42.9 Å². The van der Waals surface area contributed by atoms with Crippen LogP contribution in [-0.4, -0.2) is 56.4 Å². The van der Waals surface area contributed by atoms with Crippen LogP contribution in [0.25, 0.3) is 0 Å². The molecule has 1 aliphatic rings. The summed E-state index contributed by atoms with van der Waals surface area (Å²) in [7, 11) is -8.19. The minimum atomic E-state index is -4.15. The predicted octanol–water partition coefficient (Wildman–Crippen LogP) is 2.68. The predicted molar refractivity (Wildman–Crippen MR) is 137 cm³/mol. The van der Waals surface area contributed by atoms with E-state index in [1.54, 1.807) is 0 Å². The average molecular weight is 608 g/mol. The van der Waals surface area contributed by atoms with Crippen molar-refractivity contribution in [3.05, 3.63) is 62.7 Å². The number of nitrogens with two attached hydrogens (primary N) is 1. The SMILES string of the molecule is NS(=O)(=O)OC[C@H]1C[C@@H](Nc2ncncc2C(=O)c2cc(S(=O)(=O)c3cccc(Cl)c3)c(Cl)s2)C[C@@H]1O. The van der Waals surface area contributed by atoms with Gasteiger partial charge < -0.3 is 10.4 Å². The number of rotatable bonds is 9. The second-order valence-electron chi connectivity index (χ2n) is 8.24. The van der Waals surface area contributed by atoms with Crippen LogP contribution in [0.5, 0.6) is 0 Å². The molecule has 2 aromatic heterocycles. The maximum atomic E-state index is 13.3. The molecule has 0 spiro atoms. The number of carbonyl (C=O) groups excluding carboxylic acids is 1. The summed E-state index contributed by atoms with van der Waals surface area (Å²) in [6.45, 7) is -0.286. The zero-order chi connectivity index (χ0) is 27.0. The maximum Gasteiger partial charge on any atom is 0.333 e. The van der Waals surface area contributed by atoms with Gasteiger partial charge in [0.15, 0.2) is 0 Å². The van der Waals surface area contributed by atoms with Crippen molar-refractivity contribution in [2.75, 3.05) is 11.9 Å². The number of hydrogen-bond donors (Lipinski definition) is 3. The van der Waals surface area contributed by atoms with E-state index in [-0.39, 0.29) is 54.5 Å². The molecule has 1 saturated carbocycles. The molecule has 0 aliphatic heterocycles. The molecule has 11 nitrogen and oxygen atoms in total. The number of aliphatic hydroxyl groups is 1. The number of nitrogens with zero attached hydrogens (tertiary/aromatic N) is 2. The summed E-state index contributed by atoms with van der Waals surface area (Å²) in [5, 5.41) is 18.4. The van der Waals surface area contributed by atoms with Crippen LogP contribution in [0.1, 0.15) is 28.1 Å². The Balaban J connectivity index is 1.55. The number of carbonyl (C=O) groups is 1. The van der Waals surface area contributed by atoms with Gasteiger partial charge >= 0.3 is 10.3 Å². The molecule has 16 heteroatoms. The molecule has 1 fully saturated rings. The lowest BCUT2D eigenvalue weighted by Crippen LogP contribution is -2.24. The van der Waals surface area contributed by atoms with E-state index in [9.17, 15) is 26.7 Å². The summed E-state index contributed by atoms with van der Waals surface area (Å²) in [4.78, 5) is 21.1. The van der Waals surface area contributed by atoms with Crippen molar-refractivity contribution in [1.82, 2.24) is 9.97 Å². The van der Waals surface area contributed by atoms with Gasteiger partial charge in [0.2, 0.25) is 15.6 Å². The van der Waals surface area contributed by atoms with Crippen molar-refractivity contribution in [1.29, 1.82) is 0 Å². The molecule has 37 heavy (non-hydrogen) atoms. The Bertz CT molecular complexity index is 1550. The van der Waals surface area contributed by atoms with E-state index in [0.29, 0.717) is 6.42 Å². The van der Waals surface area contributed by atoms with E-state index in [1.807, 2.05) is 0 Å². The smallest absolute Gasteiger partial charge is 0.333 e. The highest BCUT2D eigenvalue weighted by Gasteiger charge is 2.35. The Kier molecular flexibility index (Phi) is 8.21. The Labute approximate surface area is 226 Å². The number of nitrogens with one attached hydrogen (secondary N) is 1. The van der Waals surface area contributed by atoms with Crippen molar-refractivity contribution >= 4 is 66.3 Å². The number of hydrogen-bond acceptors (Lipinski definition) is 11. The summed E-state index contributed by atoms with van der Waals surface area (Å²) >= 11 is 13.0. The average Bonchev–Trinajstić information content (AvgIpc) is 3.39. The van der Waals surface area contributed by atoms with Gasteiger partial charge in [-0.3, -0.25) is 8.98 Å². The molecular weight excluding hydrogens is 587 g/mol. The second-order valence-corrected chi connectivity index (χ2v) is 13.5. The van der Waals surface area contributed by atoms with Gasteiger partial charge in [0, 0.05) is 23.2 Å². The molecule has 0 unspecified atom stereocenters. The maximum absolute atomic E-state index is 13.3. The topological polar surface area (TPSA) is 179 Å². The lowest BCUT2D eigenvalue weighted by Gasteiger charge is -2.15. The van der Waals surface area contributed by atoms with Crippen LogP contribution in [0.4, 0.5) is 5.82 Å². The fourth-order valence-electron chi connectivity index (χ4n) is 3.93. The molecule has 4 rings (SSSR count). The molecule has 1 aromatic carbocycles. The van der Waals surface area contributed by atoms with E-state index in [2.05, 4.69) is 19.5 Å². The number of aromatic nitrogens is 2. The summed E-state index contributed by atoms with van der Waals surface area (Å²) in [5.41, 5.74) is 0.0610. The Morgan fingerprint density at radius 2 is 1.97 bits per heavy atom. The van der Waals surface area contributed by atoms with Crippen LogP contribution >= 0.6 is 34.5 Å². The normalized spacial score (nSPS) is 20.2. The number of benzene rings is 1. The van der Waals surface area contributed by atoms with Gasteiger partial charge in [-0.25, -0.2) is 23.5 Å². The van der Waals surface area contributed by atoms with E-state index in [0.717, 1.165) is 11.3 Å². The molecule has 2 heterocycles. The highest BCUT2D eigenvalue weighted by atomic mass is 35.5. The monoisotopic (exact) mass is 606 g/mol. The Morgan fingerprint density at radius 3 is 2.68 bits per heavy atom. The third-order valence-corrected chi connectivity index (χ3v) is 9.75. The largest absolute Gasteiger partial charge is 0.393 e. The van der Waals surface area contributed by atoms with Gasteiger partial charge in [0.1, 0.15) is 21.4 Å². The molecule has 0 saturated heterocycles. The van der Waals surface area contributed by atoms with Crippen LogP contribution in [0.2, 0.25) is 9.36 Å². The molecular formula is C21H20Cl2N4O7S3. The Morgan fingerprint density at radius 1 is 1.22 bits per heavy atom. The lowest BCUT2D eigenvalue weighted by atomic mass is 10.1. The summed E-state index contributed by atoms with van der Waals surface area (Å²) < 4.78 is 52.8. The first kappa shape index (κ1) is 27.9. The minimum absolute atomic E-state index is 0.0503. The van der Waals surface area contributed by atoms with Crippen LogP contribution in [0, 0.1) is 5.92 Å². The van der Waals surface area contributed by atoms with Crippen molar-refractivity contribution in [2.24, 2.45) is 11.1 Å². The van der Waals surface area contributed by atoms with E-state index < -0.39 is 37.9 Å². The first-order valence-electron chi connectivity index (χ1n) is 10.6. The van der Waals surface area contributed by atoms with Crippen molar-refractivity contribution in [2.45, 2.75) is 34.8 Å². The van der Waals surface area contributed by atoms with Crippen LogP contribution in [0.3, 0.4) is 0 Å². The number of ketones is 1. The van der Waals surface area contributed by atoms with Crippen molar-refractivity contribution in [3.63, 3.8) is 0 Å². The fraction of sp³-hybridized carbons (Fsp3) is 0.286. The van der Waals surface area contributed by atoms with E-state index in [4.69, 9.17) is 28.3 Å². The van der Waals surface area contributed by atoms with Crippen LogP contribution in [-0.2, 0) is 24.3 Å². The Hall–Kier alpha value is -2.17. The van der Waals surface area contributed by atoms with E-state index >= 15 is 0 Å². The summed E-state index contributed by atoms with van der Waals surface area (Å²) in [6, 6.07) is 6.52. The zero-order valence-corrected chi connectivity index (χ0v) is 22.7. The van der Waals surface area contributed by atoms with Gasteiger partial charge in [-0.1, -0.05) is 29.3 Å². The van der Waals surface area contributed by atoms with Crippen LogP contribution < -0.4 is 10.5 Å². The second kappa shape index (κ2) is 10.9. The van der Waals surface area contributed by atoms with Crippen LogP contribution in [0.15, 0.2) is 52.6 Å². The fourth-order valence-corrected chi connectivity index (χ4v) is 7.69. The number of aliphatic hydroxyl groups excluding tert-OH is 1. The van der Waals surface area contributed by atoms with Gasteiger partial charge in [-0.15, -0.1) is 11.3 Å². The highest BCUT2D eigenvalue weighted by Crippen LogP contribution is 2.37. The molecule has 3 atom stereocenters. The third kappa shape index (κ3) is 6.46. The first-order chi connectivity index (χ1) is 17.3. The number of anilines is 1. The standard InChI is InChI=1S/C21H20Cl2N4O7S3/c22-12-2-1-3-14(5-12)36(30,31)18-7-17(35-20(18)23)19(29)15-8-25-10-26-21(15)27-13-4-11(16(28)6-13)9-34-37(24,32)33/h1-3,5,7-8,10-11,13,16,28H,4,6,9H2,(H2,24,32,33)(H,25,26,27)/t11-,13-,16+/m1/s1. The lowest BCUT2D eigenvalue weighted by molar-refractivity contribution is 0.101. The quantitative estimate of drug-likeness (QED) is 0.306. The molecule has 0 amide bonds. The number of sulfone groups is 1. The van der Waals surface area contributed by atoms with Gasteiger partial charge in [0.25, 0.3) is 0 Å². The molecule has 0 radical (unpaired) electrons.